The minimum absolute atomic E-state index is 0.0815. The van der Waals surface area contributed by atoms with Gasteiger partial charge in [-0.15, -0.1) is 0 Å². The number of benzene rings is 2. The summed E-state index contributed by atoms with van der Waals surface area (Å²) in [7, 11) is 0. The van der Waals surface area contributed by atoms with Gasteiger partial charge < -0.3 is 20.4 Å². The van der Waals surface area contributed by atoms with Crippen LogP contribution in [0.15, 0.2) is 48.5 Å². The Morgan fingerprint density at radius 1 is 1.03 bits per heavy atom. The van der Waals surface area contributed by atoms with Gasteiger partial charge >= 0.3 is 5.97 Å². The number of carbonyl (C=O) groups is 2. The fourth-order valence-electron chi connectivity index (χ4n) is 4.20. The predicted molar refractivity (Wildman–Crippen MR) is 135 cm³/mol. The largest absolute Gasteiger partial charge is 0.393 e. The zero-order valence-corrected chi connectivity index (χ0v) is 21.2. The summed E-state index contributed by atoms with van der Waals surface area (Å²) < 4.78 is 28.4. The highest BCUT2D eigenvalue weighted by molar-refractivity contribution is 5.94. The van der Waals surface area contributed by atoms with Gasteiger partial charge in [-0.2, -0.15) is 11.0 Å². The van der Waals surface area contributed by atoms with Crippen molar-refractivity contribution in [1.82, 2.24) is 15.1 Å². The van der Waals surface area contributed by atoms with Crippen LogP contribution in [-0.4, -0.2) is 44.1 Å². The van der Waals surface area contributed by atoms with Crippen molar-refractivity contribution in [2.75, 3.05) is 0 Å². The fourth-order valence-corrected chi connectivity index (χ4v) is 4.20. The number of nitrogens with one attached hydrogen (secondary N) is 1. The number of rotatable bonds is 12. The Kier molecular flexibility index (Phi) is 10.1. The molecular weight excluding hydrogens is 498 g/mol. The summed E-state index contributed by atoms with van der Waals surface area (Å²) in [6.45, 7) is 3.98. The Hall–Kier alpha value is -3.67. The summed E-state index contributed by atoms with van der Waals surface area (Å²) in [6, 6.07) is 11.4. The topological polar surface area (TPSA) is 140 Å². The van der Waals surface area contributed by atoms with Crippen LogP contribution in [0.25, 0.3) is 5.69 Å². The number of aliphatic hydroxyl groups is 2. The molecule has 0 saturated heterocycles. The van der Waals surface area contributed by atoms with Crippen LogP contribution in [0, 0.1) is 11.6 Å². The van der Waals surface area contributed by atoms with Crippen LogP contribution < -0.4 is 11.2 Å². The van der Waals surface area contributed by atoms with Gasteiger partial charge in [0.25, 0.3) is 5.91 Å². The summed E-state index contributed by atoms with van der Waals surface area (Å²) >= 11 is 0. The Balaban J connectivity index is 1.87. The molecule has 0 spiro atoms. The molecule has 0 bridgehead atoms. The van der Waals surface area contributed by atoms with Crippen LogP contribution in [0.2, 0.25) is 0 Å². The van der Waals surface area contributed by atoms with Gasteiger partial charge in [-0.05, 0) is 67.1 Å². The van der Waals surface area contributed by atoms with Crippen molar-refractivity contribution in [3.63, 3.8) is 0 Å². The van der Waals surface area contributed by atoms with Crippen molar-refractivity contribution >= 4 is 11.9 Å². The third-order valence-electron chi connectivity index (χ3n) is 6.04. The summed E-state index contributed by atoms with van der Waals surface area (Å²) in [5.41, 5.74) is 2.73. The number of aromatic nitrogens is 2. The maximum absolute atomic E-state index is 13.6. The highest BCUT2D eigenvalue weighted by atomic mass is 19.1. The number of aliphatic hydroxyl groups excluding tert-OH is 2. The molecule has 3 rings (SSSR count). The Morgan fingerprint density at radius 2 is 1.63 bits per heavy atom. The molecule has 0 aliphatic heterocycles. The van der Waals surface area contributed by atoms with Gasteiger partial charge in [0.2, 0.25) is 0 Å². The second-order valence-corrected chi connectivity index (χ2v) is 9.34. The lowest BCUT2D eigenvalue weighted by Gasteiger charge is -2.17. The molecule has 0 radical (unpaired) electrons. The monoisotopic (exact) mass is 530 g/mol. The fraction of sp³-hybridized carbons (Fsp3) is 0.370. The molecule has 3 aromatic rings. The summed E-state index contributed by atoms with van der Waals surface area (Å²) in [4.78, 5) is 28.5. The summed E-state index contributed by atoms with van der Waals surface area (Å²) in [5.74, 6) is 2.63. The van der Waals surface area contributed by atoms with Gasteiger partial charge in [0, 0.05) is 17.8 Å². The molecule has 5 N–H and O–H groups in total. The number of nitrogens with two attached hydrogens (primary N) is 1. The van der Waals surface area contributed by atoms with Crippen molar-refractivity contribution in [1.29, 1.82) is 0 Å². The SMILES string of the molecule is CC(C)c1c(C(=O)NCc2ccc(F)cc2)nn(-c2ccc(F)cc2)c1CCC(O)CC(O)CC(=O)ON. The first-order chi connectivity index (χ1) is 18.1. The van der Waals surface area contributed by atoms with Crippen LogP contribution in [0.3, 0.4) is 0 Å². The molecule has 2 atom stereocenters. The molecule has 1 aromatic heterocycles. The lowest BCUT2D eigenvalue weighted by Crippen LogP contribution is -2.25. The van der Waals surface area contributed by atoms with Crippen molar-refractivity contribution in [3.05, 3.63) is 82.7 Å². The second-order valence-electron chi connectivity index (χ2n) is 9.34. The first-order valence-electron chi connectivity index (χ1n) is 12.2. The van der Waals surface area contributed by atoms with Crippen LogP contribution in [0.1, 0.15) is 66.3 Å². The average molecular weight is 531 g/mol. The molecule has 1 amide bonds. The van der Waals surface area contributed by atoms with E-state index >= 15 is 0 Å². The van der Waals surface area contributed by atoms with Gasteiger partial charge in [-0.3, -0.25) is 9.59 Å². The van der Waals surface area contributed by atoms with Crippen LogP contribution in [0.5, 0.6) is 0 Å². The minimum atomic E-state index is -1.14. The third-order valence-corrected chi connectivity index (χ3v) is 6.04. The van der Waals surface area contributed by atoms with Gasteiger partial charge in [0.05, 0.1) is 24.3 Å². The maximum atomic E-state index is 13.6. The van der Waals surface area contributed by atoms with E-state index in [1.807, 2.05) is 13.8 Å². The summed E-state index contributed by atoms with van der Waals surface area (Å²) in [5, 5.41) is 27.9. The predicted octanol–water partition coefficient (Wildman–Crippen LogP) is 3.06. The molecular formula is C27H32F2N4O5. The first-order valence-corrected chi connectivity index (χ1v) is 12.2. The molecule has 1 heterocycles. The van der Waals surface area contributed by atoms with E-state index in [-0.39, 0.29) is 49.7 Å². The molecule has 0 fully saturated rings. The van der Waals surface area contributed by atoms with Crippen molar-refractivity contribution in [2.24, 2.45) is 5.90 Å². The van der Waals surface area contributed by atoms with E-state index in [4.69, 9.17) is 5.90 Å². The van der Waals surface area contributed by atoms with E-state index in [0.29, 0.717) is 22.5 Å². The van der Waals surface area contributed by atoms with Gasteiger partial charge in [0.1, 0.15) is 11.6 Å². The zero-order chi connectivity index (χ0) is 27.8. The quantitative estimate of drug-likeness (QED) is 0.264. The van der Waals surface area contributed by atoms with Gasteiger partial charge in [0.15, 0.2) is 5.69 Å². The standard InChI is InChI=1S/C27H32F2N4O5/c1-16(2)25-23(12-11-21(34)13-22(35)14-24(36)38-30)33(20-9-7-19(29)8-10-20)32-26(25)27(37)31-15-17-3-5-18(28)6-4-17/h3-10,16,21-22,34-35H,11-15,30H2,1-2H3,(H,31,37). The van der Waals surface area contributed by atoms with Crippen LogP contribution >= 0.6 is 0 Å². The molecule has 204 valence electrons. The number of nitrogens with zero attached hydrogens (tertiary/aromatic N) is 2. The van der Waals surface area contributed by atoms with Crippen molar-refractivity contribution < 1.29 is 33.4 Å². The van der Waals surface area contributed by atoms with E-state index in [1.165, 1.54) is 36.4 Å². The molecule has 2 unspecified atom stereocenters. The minimum Gasteiger partial charge on any atom is -0.393 e. The third kappa shape index (κ3) is 7.67. The molecule has 38 heavy (non-hydrogen) atoms. The Bertz CT molecular complexity index is 1230. The lowest BCUT2D eigenvalue weighted by atomic mass is 9.95. The second kappa shape index (κ2) is 13.2. The van der Waals surface area contributed by atoms with Crippen LogP contribution in [-0.2, 0) is 22.6 Å². The van der Waals surface area contributed by atoms with Crippen molar-refractivity contribution in [2.45, 2.75) is 64.2 Å². The summed E-state index contributed by atoms with van der Waals surface area (Å²) in [6.07, 6.45) is -2.07. The first kappa shape index (κ1) is 28.9. The van der Waals surface area contributed by atoms with E-state index in [1.54, 1.807) is 16.8 Å². The Labute approximate surface area is 219 Å². The average Bonchev–Trinajstić information content (AvgIpc) is 3.27. The molecule has 11 heteroatoms. The number of hydrogen-bond acceptors (Lipinski definition) is 7. The van der Waals surface area contributed by atoms with Crippen LogP contribution in [0.4, 0.5) is 8.78 Å². The normalized spacial score (nSPS) is 12.8. The molecule has 0 aliphatic rings. The van der Waals surface area contributed by atoms with E-state index in [0.717, 1.165) is 0 Å². The molecule has 9 nitrogen and oxygen atoms in total. The number of carbonyl (C=O) groups excluding carboxylic acids is 2. The molecule has 0 aliphatic carbocycles. The number of hydrogen-bond donors (Lipinski definition) is 4. The zero-order valence-electron chi connectivity index (χ0n) is 21.2. The highest BCUT2D eigenvalue weighted by Gasteiger charge is 2.26. The smallest absolute Gasteiger partial charge is 0.327 e. The molecule has 0 saturated carbocycles. The Morgan fingerprint density at radius 3 is 2.21 bits per heavy atom. The number of halogens is 2. The highest BCUT2D eigenvalue weighted by Crippen LogP contribution is 2.28. The van der Waals surface area contributed by atoms with Gasteiger partial charge in [-0.25, -0.2) is 13.5 Å². The lowest BCUT2D eigenvalue weighted by molar-refractivity contribution is -0.146. The van der Waals surface area contributed by atoms with Gasteiger partial charge in [-0.1, -0.05) is 26.0 Å². The van der Waals surface area contributed by atoms with Crippen molar-refractivity contribution in [3.8, 4) is 5.69 Å². The van der Waals surface area contributed by atoms with E-state index in [2.05, 4.69) is 15.3 Å². The van der Waals surface area contributed by atoms with E-state index in [9.17, 15) is 28.6 Å². The number of amides is 1. The molecule has 2 aromatic carbocycles. The maximum Gasteiger partial charge on any atom is 0.327 e. The van der Waals surface area contributed by atoms with E-state index < -0.39 is 29.9 Å².